The third-order valence-corrected chi connectivity index (χ3v) is 6.27. The lowest BCUT2D eigenvalue weighted by Gasteiger charge is -2.03. The number of sulfonamides is 1. The Morgan fingerprint density at radius 2 is 1.80 bits per heavy atom. The van der Waals surface area contributed by atoms with Crippen LogP contribution in [0.1, 0.15) is 17.9 Å². The summed E-state index contributed by atoms with van der Waals surface area (Å²) in [5.41, 5.74) is 0.606. The van der Waals surface area contributed by atoms with Gasteiger partial charge in [0.25, 0.3) is 0 Å². The van der Waals surface area contributed by atoms with Gasteiger partial charge in [0.2, 0.25) is 25.8 Å². The van der Waals surface area contributed by atoms with Crippen molar-refractivity contribution in [2.45, 2.75) is 23.8 Å². The first-order valence-electron chi connectivity index (χ1n) is 7.45. The van der Waals surface area contributed by atoms with E-state index >= 15 is 0 Å². The molecule has 0 bridgehead atoms. The summed E-state index contributed by atoms with van der Waals surface area (Å²) < 4.78 is 55.2. The average Bonchev–Trinajstić information content (AvgIpc) is 3.03. The summed E-state index contributed by atoms with van der Waals surface area (Å²) in [5, 5.41) is 6.73. The van der Waals surface area contributed by atoms with Gasteiger partial charge in [-0.3, -0.25) is 0 Å². The third kappa shape index (κ3) is 6.38. The van der Waals surface area contributed by atoms with E-state index < -0.39 is 25.1 Å². The van der Waals surface area contributed by atoms with Crippen molar-refractivity contribution < 1.29 is 21.3 Å². The molecule has 0 spiro atoms. The molecule has 25 heavy (non-hydrogen) atoms. The molecule has 0 saturated heterocycles. The number of halogens is 1. The van der Waals surface area contributed by atoms with Crippen LogP contribution in [0.4, 0.5) is 0 Å². The molecular formula is C14H18ClN3O5S2. The molecule has 0 fully saturated rings. The first-order chi connectivity index (χ1) is 11.8. The third-order valence-electron chi connectivity index (χ3n) is 3.12. The molecule has 11 heteroatoms. The zero-order chi connectivity index (χ0) is 18.3. The van der Waals surface area contributed by atoms with E-state index in [4.69, 9.17) is 16.0 Å². The van der Waals surface area contributed by atoms with Gasteiger partial charge >= 0.3 is 5.22 Å². The van der Waals surface area contributed by atoms with Gasteiger partial charge in [0.1, 0.15) is 0 Å². The van der Waals surface area contributed by atoms with Crippen LogP contribution in [-0.2, 0) is 32.0 Å². The SMILES string of the molecule is O=S(=O)(CCCCl)NCCc1nnc(S(=O)(=O)Cc2ccccc2)o1. The summed E-state index contributed by atoms with van der Waals surface area (Å²) in [6.07, 6.45) is 0.438. The molecule has 0 aliphatic heterocycles. The maximum Gasteiger partial charge on any atom is 0.335 e. The van der Waals surface area contributed by atoms with E-state index in [2.05, 4.69) is 14.9 Å². The van der Waals surface area contributed by atoms with E-state index in [9.17, 15) is 16.8 Å². The van der Waals surface area contributed by atoms with Gasteiger partial charge in [-0.15, -0.1) is 16.7 Å². The number of hydrogen-bond acceptors (Lipinski definition) is 7. The Balaban J connectivity index is 1.93. The highest BCUT2D eigenvalue weighted by molar-refractivity contribution is 7.90. The van der Waals surface area contributed by atoms with E-state index in [1.54, 1.807) is 30.3 Å². The number of sulfone groups is 1. The van der Waals surface area contributed by atoms with Gasteiger partial charge in [0, 0.05) is 18.8 Å². The second-order valence-electron chi connectivity index (χ2n) is 5.21. The van der Waals surface area contributed by atoms with Crippen molar-refractivity contribution in [3.05, 3.63) is 41.8 Å². The fourth-order valence-corrected chi connectivity index (χ4v) is 4.47. The number of aromatic nitrogens is 2. The second-order valence-corrected chi connectivity index (χ2v) is 9.38. The second kappa shape index (κ2) is 8.75. The minimum absolute atomic E-state index is 0.0327. The van der Waals surface area contributed by atoms with Crippen LogP contribution < -0.4 is 4.72 Å². The summed E-state index contributed by atoms with van der Waals surface area (Å²) in [4.78, 5) is 0. The number of rotatable bonds is 10. The first kappa shape index (κ1) is 19.8. The summed E-state index contributed by atoms with van der Waals surface area (Å²) >= 11 is 5.46. The fourth-order valence-electron chi connectivity index (χ4n) is 1.95. The number of nitrogens with zero attached hydrogens (tertiary/aromatic N) is 2. The van der Waals surface area contributed by atoms with Gasteiger partial charge in [-0.1, -0.05) is 35.4 Å². The molecule has 0 aliphatic carbocycles. The molecule has 0 saturated carbocycles. The Morgan fingerprint density at radius 3 is 2.48 bits per heavy atom. The van der Waals surface area contributed by atoms with Crippen molar-refractivity contribution in [3.8, 4) is 0 Å². The molecule has 138 valence electrons. The Morgan fingerprint density at radius 1 is 1.08 bits per heavy atom. The van der Waals surface area contributed by atoms with Crippen LogP contribution in [0.2, 0.25) is 0 Å². The average molecular weight is 408 g/mol. The van der Waals surface area contributed by atoms with E-state index in [0.717, 1.165) is 0 Å². The zero-order valence-corrected chi connectivity index (χ0v) is 15.6. The monoisotopic (exact) mass is 407 g/mol. The minimum atomic E-state index is -3.75. The van der Waals surface area contributed by atoms with Crippen molar-refractivity contribution in [2.24, 2.45) is 0 Å². The molecule has 1 aromatic carbocycles. The van der Waals surface area contributed by atoms with Gasteiger partial charge in [-0.05, 0) is 12.0 Å². The molecule has 2 aromatic rings. The Kier molecular flexibility index (Phi) is 6.94. The van der Waals surface area contributed by atoms with E-state index in [0.29, 0.717) is 12.0 Å². The highest BCUT2D eigenvalue weighted by Gasteiger charge is 2.23. The highest BCUT2D eigenvalue weighted by atomic mass is 35.5. The highest BCUT2D eigenvalue weighted by Crippen LogP contribution is 2.15. The quantitative estimate of drug-likeness (QED) is 0.586. The number of benzene rings is 1. The molecule has 0 amide bonds. The standard InChI is InChI=1S/C14H18ClN3O5S2/c15-8-4-10-25(21,22)16-9-7-13-17-18-14(23-13)24(19,20)11-12-5-2-1-3-6-12/h1-3,5-6,16H,4,7-11H2. The lowest BCUT2D eigenvalue weighted by Crippen LogP contribution is -2.28. The predicted octanol–water partition coefficient (Wildman–Crippen LogP) is 1.13. The Bertz CT molecular complexity index is 882. The minimum Gasteiger partial charge on any atom is -0.412 e. The van der Waals surface area contributed by atoms with Crippen LogP contribution in [-0.4, -0.2) is 45.2 Å². The molecule has 2 rings (SSSR count). The van der Waals surface area contributed by atoms with Gasteiger partial charge in [-0.25, -0.2) is 21.6 Å². The maximum atomic E-state index is 12.2. The number of hydrogen-bond donors (Lipinski definition) is 1. The largest absolute Gasteiger partial charge is 0.412 e. The van der Waals surface area contributed by atoms with Crippen molar-refractivity contribution in [2.75, 3.05) is 18.2 Å². The topological polar surface area (TPSA) is 119 Å². The molecule has 0 unspecified atom stereocenters. The summed E-state index contributed by atoms with van der Waals surface area (Å²) in [7, 11) is -7.17. The normalized spacial score (nSPS) is 12.4. The van der Waals surface area contributed by atoms with Crippen LogP contribution in [0.3, 0.4) is 0 Å². The van der Waals surface area contributed by atoms with Crippen molar-refractivity contribution >= 4 is 31.5 Å². The van der Waals surface area contributed by atoms with E-state index in [-0.39, 0.29) is 36.2 Å². The van der Waals surface area contributed by atoms with Crippen molar-refractivity contribution in [3.63, 3.8) is 0 Å². The smallest absolute Gasteiger partial charge is 0.335 e. The van der Waals surface area contributed by atoms with Crippen LogP contribution in [0.15, 0.2) is 40.0 Å². The lowest BCUT2D eigenvalue weighted by atomic mass is 10.2. The lowest BCUT2D eigenvalue weighted by molar-refractivity contribution is 0.395. The van der Waals surface area contributed by atoms with Crippen LogP contribution in [0.5, 0.6) is 0 Å². The Labute approximate surface area is 151 Å². The summed E-state index contributed by atoms with van der Waals surface area (Å²) in [6, 6.07) is 8.63. The molecule has 8 nitrogen and oxygen atoms in total. The van der Waals surface area contributed by atoms with Gasteiger partial charge in [-0.2, -0.15) is 0 Å². The van der Waals surface area contributed by atoms with Crippen LogP contribution >= 0.6 is 11.6 Å². The number of nitrogens with one attached hydrogen (secondary N) is 1. The van der Waals surface area contributed by atoms with Gasteiger partial charge < -0.3 is 4.42 Å². The van der Waals surface area contributed by atoms with E-state index in [1.165, 1.54) is 0 Å². The van der Waals surface area contributed by atoms with Gasteiger partial charge in [0.05, 0.1) is 11.5 Å². The van der Waals surface area contributed by atoms with Crippen LogP contribution in [0, 0.1) is 0 Å². The summed E-state index contributed by atoms with van der Waals surface area (Å²) in [6.45, 7) is 0.0327. The molecule has 0 atom stereocenters. The fraction of sp³-hybridized carbons (Fsp3) is 0.429. The zero-order valence-electron chi connectivity index (χ0n) is 13.3. The van der Waals surface area contributed by atoms with Crippen molar-refractivity contribution in [1.29, 1.82) is 0 Å². The first-order valence-corrected chi connectivity index (χ1v) is 11.3. The van der Waals surface area contributed by atoms with Crippen LogP contribution in [0.25, 0.3) is 0 Å². The number of alkyl halides is 1. The van der Waals surface area contributed by atoms with Crippen molar-refractivity contribution in [1.82, 2.24) is 14.9 Å². The Hall–Kier alpha value is -1.49. The van der Waals surface area contributed by atoms with Gasteiger partial charge in [0.15, 0.2) is 0 Å². The molecule has 0 aliphatic rings. The van der Waals surface area contributed by atoms with E-state index in [1.807, 2.05) is 0 Å². The molecule has 1 aromatic heterocycles. The predicted molar refractivity (Wildman–Crippen MR) is 92.5 cm³/mol. The molecule has 1 heterocycles. The molecular weight excluding hydrogens is 390 g/mol. The maximum absolute atomic E-state index is 12.2. The molecule has 1 N–H and O–H groups in total. The molecule has 0 radical (unpaired) electrons. The summed E-state index contributed by atoms with van der Waals surface area (Å²) in [5.74, 6) is -0.0169.